The molecule has 0 spiro atoms. The second kappa shape index (κ2) is 36.0. The third-order valence-electron chi connectivity index (χ3n) is 1.43. The molecule has 3 amide bonds. The molecule has 0 aromatic carbocycles. The summed E-state index contributed by atoms with van der Waals surface area (Å²) in [6.45, 7) is 8.42. The van der Waals surface area contributed by atoms with Crippen molar-refractivity contribution < 1.29 is 47.1 Å². The molecular formula is C12H27N3O3Y. The molecule has 19 heavy (non-hydrogen) atoms. The van der Waals surface area contributed by atoms with Crippen LogP contribution in [0.3, 0.4) is 0 Å². The van der Waals surface area contributed by atoms with Crippen molar-refractivity contribution in [3.05, 3.63) is 0 Å². The number of carbonyl (C=O) groups excluding carboxylic acids is 3. The van der Waals surface area contributed by atoms with Crippen molar-refractivity contribution >= 4 is 19.2 Å². The Hall–Kier alpha value is -0.486. The van der Waals surface area contributed by atoms with Crippen LogP contribution >= 0.6 is 0 Å². The maximum atomic E-state index is 9.45. The van der Waals surface area contributed by atoms with Crippen LogP contribution in [0.15, 0.2) is 0 Å². The van der Waals surface area contributed by atoms with E-state index < -0.39 is 0 Å². The van der Waals surface area contributed by atoms with Gasteiger partial charge in [-0.15, -0.1) is 0 Å². The van der Waals surface area contributed by atoms with Crippen molar-refractivity contribution in [3.63, 3.8) is 0 Å². The van der Waals surface area contributed by atoms with E-state index in [-0.39, 0.29) is 32.7 Å². The first kappa shape index (κ1) is 27.0. The Morgan fingerprint density at radius 3 is 0.895 bits per heavy atom. The van der Waals surface area contributed by atoms with Gasteiger partial charge in [0.1, 0.15) is 0 Å². The number of nitrogens with one attached hydrogen (secondary N) is 3. The Bertz CT molecular complexity index is 144. The van der Waals surface area contributed by atoms with E-state index in [0.29, 0.717) is 19.2 Å². The molecule has 0 fully saturated rings. The Morgan fingerprint density at radius 2 is 0.842 bits per heavy atom. The SMILES string of the molecule is CCCNC=O.CCCNC=O.CCCNC=O.[Y]. The molecule has 0 aliphatic rings. The van der Waals surface area contributed by atoms with Gasteiger partial charge in [0.2, 0.25) is 19.2 Å². The molecule has 0 aromatic rings. The normalized spacial score (nSPS) is 7.11. The number of hydrogen-bond donors (Lipinski definition) is 3. The van der Waals surface area contributed by atoms with Crippen LogP contribution in [-0.4, -0.2) is 38.9 Å². The average Bonchev–Trinajstić information content (AvgIpc) is 2.42. The number of hydrogen-bond acceptors (Lipinski definition) is 3. The first-order chi connectivity index (χ1) is 8.74. The fraction of sp³-hybridized carbons (Fsp3) is 0.750. The molecule has 0 atom stereocenters. The zero-order chi connectivity index (χ0) is 14.5. The zero-order valence-corrected chi connectivity index (χ0v) is 15.1. The summed E-state index contributed by atoms with van der Waals surface area (Å²) in [6, 6.07) is 0. The van der Waals surface area contributed by atoms with Crippen molar-refractivity contribution in [2.45, 2.75) is 40.0 Å². The summed E-state index contributed by atoms with van der Waals surface area (Å²) in [6.07, 6.45) is 5.17. The standard InChI is InChI=1S/3C4H9NO.Y/c3*1-2-3-5-4-6;/h3*4H,2-3H2,1H3,(H,5,6);. The van der Waals surface area contributed by atoms with Gasteiger partial charge < -0.3 is 16.0 Å². The molecule has 1 radical (unpaired) electrons. The van der Waals surface area contributed by atoms with E-state index in [1.165, 1.54) is 0 Å². The number of carbonyl (C=O) groups is 3. The summed E-state index contributed by atoms with van der Waals surface area (Å²) < 4.78 is 0. The molecule has 111 valence electrons. The molecule has 0 aliphatic carbocycles. The topological polar surface area (TPSA) is 87.3 Å². The number of rotatable bonds is 9. The molecule has 0 heterocycles. The summed E-state index contributed by atoms with van der Waals surface area (Å²) in [5.41, 5.74) is 0. The van der Waals surface area contributed by atoms with Gasteiger partial charge in [0.15, 0.2) is 0 Å². The fourth-order valence-electron chi connectivity index (χ4n) is 0.610. The molecule has 0 rings (SSSR count). The van der Waals surface area contributed by atoms with Crippen LogP contribution in [0.5, 0.6) is 0 Å². The Balaban J connectivity index is -0.0000000865. The summed E-state index contributed by atoms with van der Waals surface area (Å²) in [4.78, 5) is 28.4. The Kier molecular flexibility index (Phi) is 51.1. The van der Waals surface area contributed by atoms with Gasteiger partial charge in [-0.3, -0.25) is 14.4 Å². The zero-order valence-electron chi connectivity index (χ0n) is 12.3. The van der Waals surface area contributed by atoms with Gasteiger partial charge in [0, 0.05) is 52.3 Å². The maximum Gasteiger partial charge on any atom is 0.207 e. The van der Waals surface area contributed by atoms with E-state index in [1.54, 1.807) is 0 Å². The Morgan fingerprint density at radius 1 is 0.632 bits per heavy atom. The minimum Gasteiger partial charge on any atom is -0.359 e. The average molecular weight is 350 g/mol. The minimum atomic E-state index is 0. The monoisotopic (exact) mass is 350 g/mol. The van der Waals surface area contributed by atoms with Crippen LogP contribution in [0.1, 0.15) is 40.0 Å². The summed E-state index contributed by atoms with van der Waals surface area (Å²) in [5.74, 6) is 0. The van der Waals surface area contributed by atoms with E-state index >= 15 is 0 Å². The van der Waals surface area contributed by atoms with Crippen molar-refractivity contribution in [1.29, 1.82) is 0 Å². The third-order valence-corrected chi connectivity index (χ3v) is 1.43. The summed E-state index contributed by atoms with van der Waals surface area (Å²) >= 11 is 0. The fourth-order valence-corrected chi connectivity index (χ4v) is 0.610. The van der Waals surface area contributed by atoms with Gasteiger partial charge in [-0.1, -0.05) is 20.8 Å². The molecule has 6 nitrogen and oxygen atoms in total. The van der Waals surface area contributed by atoms with Crippen LogP contribution in [0.25, 0.3) is 0 Å². The molecule has 3 N–H and O–H groups in total. The third kappa shape index (κ3) is 58.2. The van der Waals surface area contributed by atoms with Gasteiger partial charge in [0.25, 0.3) is 0 Å². The molecule has 0 saturated carbocycles. The van der Waals surface area contributed by atoms with Crippen LogP contribution in [0, 0.1) is 0 Å². The van der Waals surface area contributed by atoms with E-state index in [9.17, 15) is 14.4 Å². The smallest absolute Gasteiger partial charge is 0.207 e. The van der Waals surface area contributed by atoms with Crippen molar-refractivity contribution in [3.8, 4) is 0 Å². The molecule has 0 saturated heterocycles. The van der Waals surface area contributed by atoms with Crippen LogP contribution < -0.4 is 16.0 Å². The Labute approximate surface area is 141 Å². The second-order valence-electron chi connectivity index (χ2n) is 3.22. The van der Waals surface area contributed by atoms with Crippen LogP contribution in [0.4, 0.5) is 0 Å². The maximum absolute atomic E-state index is 9.45. The first-order valence-electron chi connectivity index (χ1n) is 6.26. The molecule has 0 aromatic heterocycles. The van der Waals surface area contributed by atoms with E-state index in [0.717, 1.165) is 38.9 Å². The van der Waals surface area contributed by atoms with Gasteiger partial charge in [-0.25, -0.2) is 0 Å². The van der Waals surface area contributed by atoms with Crippen LogP contribution in [-0.2, 0) is 47.1 Å². The van der Waals surface area contributed by atoms with E-state index in [4.69, 9.17) is 0 Å². The minimum absolute atomic E-state index is 0. The van der Waals surface area contributed by atoms with Crippen molar-refractivity contribution in [2.24, 2.45) is 0 Å². The van der Waals surface area contributed by atoms with Gasteiger partial charge in [-0.05, 0) is 19.3 Å². The van der Waals surface area contributed by atoms with Gasteiger partial charge >= 0.3 is 0 Å². The number of amides is 3. The van der Waals surface area contributed by atoms with Crippen molar-refractivity contribution in [1.82, 2.24) is 16.0 Å². The largest absolute Gasteiger partial charge is 0.359 e. The summed E-state index contributed by atoms with van der Waals surface area (Å²) in [7, 11) is 0. The summed E-state index contributed by atoms with van der Waals surface area (Å²) in [5, 5.41) is 7.55. The molecule has 0 aliphatic heterocycles. The molecule has 0 bridgehead atoms. The predicted octanol–water partition coefficient (Wildman–Crippen LogP) is 0.425. The van der Waals surface area contributed by atoms with Crippen LogP contribution in [0.2, 0.25) is 0 Å². The molecular weight excluding hydrogens is 323 g/mol. The van der Waals surface area contributed by atoms with Gasteiger partial charge in [0.05, 0.1) is 0 Å². The predicted molar refractivity (Wildman–Crippen MR) is 73.1 cm³/mol. The van der Waals surface area contributed by atoms with Gasteiger partial charge in [-0.2, -0.15) is 0 Å². The molecule has 0 unspecified atom stereocenters. The van der Waals surface area contributed by atoms with E-state index in [2.05, 4.69) is 16.0 Å². The second-order valence-corrected chi connectivity index (χ2v) is 3.22. The van der Waals surface area contributed by atoms with E-state index in [1.807, 2.05) is 20.8 Å². The quantitative estimate of drug-likeness (QED) is 0.416. The first-order valence-corrected chi connectivity index (χ1v) is 6.26. The molecule has 7 heteroatoms. The van der Waals surface area contributed by atoms with Crippen molar-refractivity contribution in [2.75, 3.05) is 19.6 Å².